The topological polar surface area (TPSA) is 104 Å². The van der Waals surface area contributed by atoms with E-state index in [0.29, 0.717) is 12.0 Å². The fourth-order valence-electron chi connectivity index (χ4n) is 3.66. The lowest BCUT2D eigenvalue weighted by Crippen LogP contribution is -2.48. The van der Waals surface area contributed by atoms with Crippen LogP contribution in [0.4, 0.5) is 9.18 Å². The minimum atomic E-state index is -3.22. The van der Waals surface area contributed by atoms with Crippen LogP contribution in [0.5, 0.6) is 0 Å². The van der Waals surface area contributed by atoms with E-state index in [0.717, 1.165) is 4.90 Å². The van der Waals surface area contributed by atoms with E-state index in [4.69, 9.17) is 0 Å². The molecule has 2 saturated heterocycles. The number of hydrogen-bond donors (Lipinski definition) is 1. The van der Waals surface area contributed by atoms with Crippen LogP contribution >= 0.6 is 0 Å². The minimum absolute atomic E-state index is 0.00957. The summed E-state index contributed by atoms with van der Waals surface area (Å²) in [4.78, 5) is 40.3. The molecule has 1 N–H and O–H groups in total. The number of rotatable bonds is 6. The van der Waals surface area contributed by atoms with Crippen LogP contribution in [-0.4, -0.2) is 66.7 Å². The third kappa shape index (κ3) is 4.02. The lowest BCUT2D eigenvalue weighted by Gasteiger charge is -2.28. The van der Waals surface area contributed by atoms with Gasteiger partial charge in [-0.15, -0.1) is 6.58 Å². The van der Waals surface area contributed by atoms with Crippen molar-refractivity contribution in [2.75, 3.05) is 24.6 Å². The Hall–Kier alpha value is -2.75. The predicted molar refractivity (Wildman–Crippen MR) is 103 cm³/mol. The van der Waals surface area contributed by atoms with E-state index in [1.54, 1.807) is 0 Å². The van der Waals surface area contributed by atoms with Crippen molar-refractivity contribution in [1.29, 1.82) is 0 Å². The fraction of sp³-hybridized carbons (Fsp3) is 0.421. The van der Waals surface area contributed by atoms with Gasteiger partial charge in [0.1, 0.15) is 17.9 Å². The highest BCUT2D eigenvalue weighted by molar-refractivity contribution is 7.91. The maximum Gasteiger partial charge on any atom is 0.325 e. The molecule has 29 heavy (non-hydrogen) atoms. The van der Waals surface area contributed by atoms with Crippen LogP contribution in [0.1, 0.15) is 18.9 Å². The summed E-state index contributed by atoms with van der Waals surface area (Å²) in [7, 11) is -3.22. The lowest BCUT2D eigenvalue weighted by atomic mass is 9.92. The predicted octanol–water partition coefficient (Wildman–Crippen LogP) is 0.794. The molecule has 10 heteroatoms. The molecule has 2 aliphatic heterocycles. The summed E-state index contributed by atoms with van der Waals surface area (Å²) in [6.07, 6.45) is 1.77. The Morgan fingerprint density at radius 1 is 1.38 bits per heavy atom. The average Bonchev–Trinajstić information content (AvgIpc) is 3.12. The SMILES string of the molecule is C=CCN(C(=O)CN1C(=O)NC(C)(c2ccc(F)cc2)C1=O)C1CCS(=O)(=O)C1. The molecular formula is C19H22FN3O5S. The molecule has 3 rings (SSSR count). The van der Waals surface area contributed by atoms with E-state index in [2.05, 4.69) is 11.9 Å². The Bertz CT molecular complexity index is 963. The minimum Gasteiger partial charge on any atom is -0.333 e. The van der Waals surface area contributed by atoms with Crippen molar-refractivity contribution in [2.24, 2.45) is 0 Å². The van der Waals surface area contributed by atoms with Crippen molar-refractivity contribution < 1.29 is 27.2 Å². The Morgan fingerprint density at radius 2 is 2.03 bits per heavy atom. The number of imide groups is 1. The number of urea groups is 1. The number of carbonyl (C=O) groups is 3. The molecule has 0 spiro atoms. The van der Waals surface area contributed by atoms with E-state index < -0.39 is 51.6 Å². The Morgan fingerprint density at radius 3 is 2.59 bits per heavy atom. The van der Waals surface area contributed by atoms with Crippen LogP contribution < -0.4 is 5.32 Å². The fourth-order valence-corrected chi connectivity index (χ4v) is 5.39. The smallest absolute Gasteiger partial charge is 0.325 e. The molecule has 2 aliphatic rings. The molecule has 0 bridgehead atoms. The van der Waals surface area contributed by atoms with Crippen LogP contribution in [0, 0.1) is 5.82 Å². The van der Waals surface area contributed by atoms with Gasteiger partial charge >= 0.3 is 6.03 Å². The highest BCUT2D eigenvalue weighted by atomic mass is 32.2. The van der Waals surface area contributed by atoms with E-state index >= 15 is 0 Å². The van der Waals surface area contributed by atoms with Crippen molar-refractivity contribution >= 4 is 27.7 Å². The van der Waals surface area contributed by atoms with Gasteiger partial charge in [0.25, 0.3) is 5.91 Å². The zero-order chi connectivity index (χ0) is 21.4. The summed E-state index contributed by atoms with van der Waals surface area (Å²) in [5, 5.41) is 2.55. The van der Waals surface area contributed by atoms with E-state index in [9.17, 15) is 27.2 Å². The van der Waals surface area contributed by atoms with Gasteiger partial charge in [-0.2, -0.15) is 0 Å². The van der Waals surface area contributed by atoms with Crippen LogP contribution in [0.15, 0.2) is 36.9 Å². The largest absolute Gasteiger partial charge is 0.333 e. The number of nitrogens with zero attached hydrogens (tertiary/aromatic N) is 2. The van der Waals surface area contributed by atoms with Gasteiger partial charge in [0.05, 0.1) is 11.5 Å². The maximum atomic E-state index is 13.2. The Kier molecular flexibility index (Phi) is 5.48. The lowest BCUT2D eigenvalue weighted by molar-refractivity contribution is -0.139. The van der Waals surface area contributed by atoms with Gasteiger partial charge < -0.3 is 10.2 Å². The van der Waals surface area contributed by atoms with Crippen molar-refractivity contribution in [2.45, 2.75) is 24.9 Å². The molecule has 4 amide bonds. The molecular weight excluding hydrogens is 401 g/mol. The molecule has 1 aromatic carbocycles. The van der Waals surface area contributed by atoms with Gasteiger partial charge in [0.15, 0.2) is 9.84 Å². The average molecular weight is 423 g/mol. The summed E-state index contributed by atoms with van der Waals surface area (Å²) in [5.41, 5.74) is -1.04. The second-order valence-electron chi connectivity index (χ2n) is 7.34. The molecule has 0 radical (unpaired) electrons. The monoisotopic (exact) mass is 423 g/mol. The molecule has 0 aliphatic carbocycles. The molecule has 0 saturated carbocycles. The first-order valence-electron chi connectivity index (χ1n) is 9.08. The quantitative estimate of drug-likeness (QED) is 0.538. The Balaban J connectivity index is 1.78. The zero-order valence-corrected chi connectivity index (χ0v) is 16.7. The van der Waals surface area contributed by atoms with Crippen molar-refractivity contribution in [1.82, 2.24) is 15.1 Å². The van der Waals surface area contributed by atoms with Crippen molar-refractivity contribution in [3.63, 3.8) is 0 Å². The molecule has 156 valence electrons. The zero-order valence-electron chi connectivity index (χ0n) is 15.9. The molecule has 0 aromatic heterocycles. The molecule has 2 unspecified atom stereocenters. The standard InChI is InChI=1S/C19H22FN3O5S/c1-3-9-22(15-8-10-29(27,28)12-15)16(24)11-23-17(25)19(2,21-18(23)26)13-4-6-14(20)7-5-13/h3-7,15H,1,8-12H2,2H3,(H,21,26). The summed E-state index contributed by atoms with van der Waals surface area (Å²) in [6.45, 7) is 4.66. The number of hydrogen-bond acceptors (Lipinski definition) is 5. The van der Waals surface area contributed by atoms with Crippen LogP contribution in [0.2, 0.25) is 0 Å². The summed E-state index contributed by atoms with van der Waals surface area (Å²) in [6, 6.07) is 3.89. The molecule has 8 nitrogen and oxygen atoms in total. The first kappa shape index (κ1) is 21.0. The summed E-state index contributed by atoms with van der Waals surface area (Å²) < 4.78 is 36.7. The van der Waals surface area contributed by atoms with Crippen LogP contribution in [0.25, 0.3) is 0 Å². The highest BCUT2D eigenvalue weighted by Gasteiger charge is 2.50. The van der Waals surface area contributed by atoms with Crippen LogP contribution in [0.3, 0.4) is 0 Å². The van der Waals surface area contributed by atoms with E-state index in [1.807, 2.05) is 0 Å². The van der Waals surface area contributed by atoms with Gasteiger partial charge in [-0.25, -0.2) is 17.6 Å². The second kappa shape index (κ2) is 7.58. The molecule has 2 heterocycles. The van der Waals surface area contributed by atoms with E-state index in [-0.39, 0.29) is 18.1 Å². The van der Waals surface area contributed by atoms with Crippen LogP contribution in [-0.2, 0) is 25.0 Å². The first-order chi connectivity index (χ1) is 13.6. The van der Waals surface area contributed by atoms with Gasteiger partial charge in [-0.05, 0) is 31.0 Å². The van der Waals surface area contributed by atoms with Gasteiger partial charge in [0.2, 0.25) is 5.91 Å². The number of sulfone groups is 1. The highest BCUT2D eigenvalue weighted by Crippen LogP contribution is 2.29. The number of nitrogens with one attached hydrogen (secondary N) is 1. The third-order valence-electron chi connectivity index (χ3n) is 5.29. The number of benzene rings is 1. The van der Waals surface area contributed by atoms with Crippen molar-refractivity contribution in [3.05, 3.63) is 48.3 Å². The number of carbonyl (C=O) groups excluding carboxylic acids is 3. The first-order valence-corrected chi connectivity index (χ1v) is 10.9. The Labute approximate surface area is 168 Å². The maximum absolute atomic E-state index is 13.2. The van der Waals surface area contributed by atoms with Crippen molar-refractivity contribution in [3.8, 4) is 0 Å². The summed E-state index contributed by atoms with van der Waals surface area (Å²) >= 11 is 0. The van der Waals surface area contributed by atoms with Gasteiger partial charge in [-0.1, -0.05) is 18.2 Å². The van der Waals surface area contributed by atoms with Gasteiger partial charge in [-0.3, -0.25) is 14.5 Å². The van der Waals surface area contributed by atoms with Gasteiger partial charge in [0, 0.05) is 12.6 Å². The molecule has 1 aromatic rings. The molecule has 2 fully saturated rings. The second-order valence-corrected chi connectivity index (χ2v) is 9.57. The number of amides is 4. The third-order valence-corrected chi connectivity index (χ3v) is 7.04. The molecule has 2 atom stereocenters. The normalized spacial score (nSPS) is 25.7. The summed E-state index contributed by atoms with van der Waals surface area (Å²) in [5.74, 6) is -1.82. The van der Waals surface area contributed by atoms with E-state index in [1.165, 1.54) is 42.2 Å². The number of halogens is 1.